The van der Waals surface area contributed by atoms with Gasteiger partial charge in [0, 0.05) is 6.42 Å². The zero-order valence-corrected chi connectivity index (χ0v) is 18.5. The molecule has 1 N–H and O–H groups in total. The molecule has 2 aromatic rings. The monoisotopic (exact) mass is 370 g/mol. The van der Waals surface area contributed by atoms with Gasteiger partial charge in [-0.3, -0.25) is 4.79 Å². The van der Waals surface area contributed by atoms with Crippen molar-refractivity contribution in [1.82, 2.24) is 19.5 Å². The minimum atomic E-state index is -4.70. The van der Waals surface area contributed by atoms with Gasteiger partial charge in [-0.25, -0.2) is 9.97 Å². The van der Waals surface area contributed by atoms with Crippen LogP contribution in [-0.2, 0) is 9.30 Å². The number of rotatable bonds is 4. The molecule has 0 bridgehead atoms. The van der Waals surface area contributed by atoms with Gasteiger partial charge in [-0.1, -0.05) is 6.08 Å². The van der Waals surface area contributed by atoms with Crippen molar-refractivity contribution in [2.45, 2.75) is 25.5 Å². The molecule has 0 saturated heterocycles. The first-order valence-electron chi connectivity index (χ1n) is 6.56. The van der Waals surface area contributed by atoms with Gasteiger partial charge >= 0.3 is 59.1 Å². The number of nitrogens with one attached hydrogen (secondary N) is 1. The van der Waals surface area contributed by atoms with Crippen LogP contribution in [0, 0.1) is 0 Å². The quantitative estimate of drug-likeness (QED) is 0.321. The standard InChI is InChI=1S/C12H15N4O5P.2Na/c1-7-2-8(3-9(7)21-6-22(18,19)20)16-5-15-10-11(16)13-4-14-12(10)17;;/h2,4-5,8-9H,3,6H2,1H3,(H,13,14,17)(H2,18,19,20);;/q;2*+1/p-2/t8-,9-;;/m0../s1. The first-order valence-corrected chi connectivity index (χ1v) is 8.29. The minimum Gasteiger partial charge on any atom is -0.809 e. The van der Waals surface area contributed by atoms with Gasteiger partial charge in [-0.15, -0.1) is 0 Å². The molecule has 2 aromatic heterocycles. The van der Waals surface area contributed by atoms with Crippen LogP contribution < -0.4 is 74.5 Å². The summed E-state index contributed by atoms with van der Waals surface area (Å²) in [5.74, 6) is 0. The summed E-state index contributed by atoms with van der Waals surface area (Å²) in [5, 5.41) is 0. The van der Waals surface area contributed by atoms with Crippen molar-refractivity contribution in [3.63, 3.8) is 0 Å². The molecule has 24 heavy (non-hydrogen) atoms. The third-order valence-electron chi connectivity index (χ3n) is 3.58. The van der Waals surface area contributed by atoms with Crippen molar-refractivity contribution in [2.75, 3.05) is 6.35 Å². The average Bonchev–Trinajstić information content (AvgIpc) is 3.00. The smallest absolute Gasteiger partial charge is 0.809 e. The largest absolute Gasteiger partial charge is 1.00 e. The van der Waals surface area contributed by atoms with Crippen molar-refractivity contribution >= 4 is 18.8 Å². The van der Waals surface area contributed by atoms with E-state index in [1.54, 1.807) is 11.5 Å². The summed E-state index contributed by atoms with van der Waals surface area (Å²) in [6.45, 7) is 1.80. The van der Waals surface area contributed by atoms with Crippen molar-refractivity contribution in [2.24, 2.45) is 0 Å². The Morgan fingerprint density at radius 2 is 2.12 bits per heavy atom. The van der Waals surface area contributed by atoms with E-state index in [9.17, 15) is 19.1 Å². The molecular weight excluding hydrogens is 357 g/mol. The molecule has 0 fully saturated rings. The number of nitrogens with zero attached hydrogens (tertiary/aromatic N) is 3. The summed E-state index contributed by atoms with van der Waals surface area (Å²) in [4.78, 5) is 43.6. The zero-order valence-electron chi connectivity index (χ0n) is 13.6. The Kier molecular flexibility index (Phi) is 8.09. The molecule has 9 nitrogen and oxygen atoms in total. The molecule has 0 amide bonds. The van der Waals surface area contributed by atoms with E-state index < -0.39 is 20.0 Å². The molecule has 0 saturated carbocycles. The number of hydrogen-bond donors (Lipinski definition) is 1. The van der Waals surface area contributed by atoms with E-state index in [0.717, 1.165) is 5.57 Å². The summed E-state index contributed by atoms with van der Waals surface area (Å²) in [7, 11) is -4.70. The first-order chi connectivity index (χ1) is 10.3. The van der Waals surface area contributed by atoms with E-state index >= 15 is 0 Å². The molecule has 0 spiro atoms. The second-order valence-corrected chi connectivity index (χ2v) is 6.64. The van der Waals surface area contributed by atoms with E-state index in [1.807, 2.05) is 6.08 Å². The maximum atomic E-state index is 11.6. The molecule has 0 radical (unpaired) electrons. The average molecular weight is 370 g/mol. The Bertz CT molecular complexity index is 845. The van der Waals surface area contributed by atoms with Gasteiger partial charge in [0.15, 0.2) is 11.2 Å². The Labute approximate surface area is 181 Å². The molecule has 2 atom stereocenters. The summed E-state index contributed by atoms with van der Waals surface area (Å²) < 4.78 is 17.6. The number of aromatic amines is 1. The fourth-order valence-electron chi connectivity index (χ4n) is 2.56. The Morgan fingerprint density at radius 3 is 2.79 bits per heavy atom. The second kappa shape index (κ2) is 8.73. The molecule has 12 heteroatoms. The van der Waals surface area contributed by atoms with E-state index in [0.29, 0.717) is 12.1 Å². The van der Waals surface area contributed by atoms with Gasteiger partial charge in [0.2, 0.25) is 0 Å². The fourth-order valence-corrected chi connectivity index (χ4v) is 2.93. The van der Waals surface area contributed by atoms with Crippen LogP contribution in [0.4, 0.5) is 0 Å². The Morgan fingerprint density at radius 1 is 1.42 bits per heavy atom. The number of H-pyrrole nitrogens is 1. The van der Waals surface area contributed by atoms with Crippen molar-refractivity contribution in [1.29, 1.82) is 0 Å². The van der Waals surface area contributed by atoms with Gasteiger partial charge in [-0.2, -0.15) is 0 Å². The maximum Gasteiger partial charge on any atom is 1.00 e. The minimum absolute atomic E-state index is 0. The summed E-state index contributed by atoms with van der Waals surface area (Å²) in [5.41, 5.74) is 1.18. The van der Waals surface area contributed by atoms with Gasteiger partial charge in [0.25, 0.3) is 5.56 Å². The van der Waals surface area contributed by atoms with Gasteiger partial charge in [0.05, 0.1) is 31.1 Å². The Balaban J connectivity index is 0.00000144. The van der Waals surface area contributed by atoms with E-state index in [4.69, 9.17) is 4.74 Å². The van der Waals surface area contributed by atoms with Crippen LogP contribution in [0.5, 0.6) is 0 Å². The number of hydrogen-bond acceptors (Lipinski definition) is 7. The molecule has 118 valence electrons. The molecule has 1 aliphatic carbocycles. The van der Waals surface area contributed by atoms with Crippen LogP contribution in [0.15, 0.2) is 29.1 Å². The van der Waals surface area contributed by atoms with Crippen LogP contribution >= 0.6 is 7.60 Å². The Hall–Kier alpha value is 0.200. The zero-order chi connectivity index (χ0) is 15.9. The van der Waals surface area contributed by atoms with Crippen molar-refractivity contribution < 1.29 is 78.2 Å². The second-order valence-electron chi connectivity index (χ2n) is 5.16. The third kappa shape index (κ3) is 4.88. The van der Waals surface area contributed by atoms with Crippen LogP contribution in [-0.4, -0.2) is 32.0 Å². The van der Waals surface area contributed by atoms with Crippen LogP contribution in [0.25, 0.3) is 11.2 Å². The number of allylic oxidation sites excluding steroid dienone is 1. The predicted octanol–water partition coefficient (Wildman–Crippen LogP) is -6.72. The van der Waals surface area contributed by atoms with Gasteiger partial charge < -0.3 is 28.6 Å². The summed E-state index contributed by atoms with van der Waals surface area (Å²) in [6.07, 6.45) is 3.85. The van der Waals surface area contributed by atoms with Gasteiger partial charge in [-0.05, 0) is 20.1 Å². The van der Waals surface area contributed by atoms with E-state index in [-0.39, 0.29) is 76.2 Å². The van der Waals surface area contributed by atoms with Crippen LogP contribution in [0.1, 0.15) is 19.4 Å². The van der Waals surface area contributed by atoms with Crippen molar-refractivity contribution in [3.8, 4) is 0 Å². The number of ether oxygens (including phenoxy) is 1. The maximum absolute atomic E-state index is 11.6. The molecule has 1 aliphatic rings. The topological polar surface area (TPSA) is 136 Å². The first kappa shape index (κ1) is 22.2. The summed E-state index contributed by atoms with van der Waals surface area (Å²) >= 11 is 0. The van der Waals surface area contributed by atoms with Crippen LogP contribution in [0.2, 0.25) is 0 Å². The van der Waals surface area contributed by atoms with Gasteiger partial charge in [0.1, 0.15) is 0 Å². The summed E-state index contributed by atoms with van der Waals surface area (Å²) in [6, 6.07) is -0.165. The number of imidazole rings is 1. The molecular formula is C12H13N4Na2O5P. The molecule has 0 aliphatic heterocycles. The predicted molar refractivity (Wildman–Crippen MR) is 72.9 cm³/mol. The molecule has 3 rings (SSSR count). The molecule has 0 aromatic carbocycles. The van der Waals surface area contributed by atoms with E-state index in [1.165, 1.54) is 12.7 Å². The normalized spacial score (nSPS) is 20.4. The third-order valence-corrected chi connectivity index (χ3v) is 4.04. The molecule has 0 unspecified atom stereocenters. The van der Waals surface area contributed by atoms with Crippen molar-refractivity contribution in [3.05, 3.63) is 34.7 Å². The molecule has 2 heterocycles. The number of fused-ring (bicyclic) bond motifs is 1. The van der Waals surface area contributed by atoms with E-state index in [2.05, 4.69) is 15.0 Å². The fraction of sp³-hybridized carbons (Fsp3) is 0.417. The number of aromatic nitrogens is 4. The SMILES string of the molecule is CC1=C[C@H](n2cnc3c(=O)[nH]cnc32)C[C@@H]1OCP(=O)([O-])[O-].[Na+].[Na+]. The van der Waals surface area contributed by atoms with Crippen LogP contribution in [0.3, 0.4) is 0 Å².